The topological polar surface area (TPSA) is 67.8 Å². The molecule has 1 aromatic carbocycles. The van der Waals surface area contributed by atoms with Crippen LogP contribution in [0.1, 0.15) is 18.0 Å². The van der Waals surface area contributed by atoms with E-state index in [1.165, 1.54) is 7.11 Å². The van der Waals surface area contributed by atoms with E-state index in [2.05, 4.69) is 5.32 Å². The van der Waals surface area contributed by atoms with Crippen LogP contribution in [0.2, 0.25) is 0 Å². The summed E-state index contributed by atoms with van der Waals surface area (Å²) in [5, 5.41) is 12.3. The van der Waals surface area contributed by atoms with E-state index in [9.17, 15) is 9.90 Å². The number of alkyl carbamates (subject to hydrolysis) is 1. The molecule has 1 aromatic rings. The zero-order chi connectivity index (χ0) is 11.5. The van der Waals surface area contributed by atoms with E-state index >= 15 is 0 Å². The SMILES string of the molecule is COc1ccc([C@H]2CCOC(=O)N2)cc1O. The third kappa shape index (κ3) is 2.03. The molecule has 1 saturated heterocycles. The highest BCUT2D eigenvalue weighted by Gasteiger charge is 2.21. The van der Waals surface area contributed by atoms with Crippen LogP contribution in [0.4, 0.5) is 4.79 Å². The summed E-state index contributed by atoms with van der Waals surface area (Å²) in [7, 11) is 1.49. The Morgan fingerprint density at radius 1 is 1.56 bits per heavy atom. The highest BCUT2D eigenvalue weighted by molar-refractivity contribution is 5.68. The summed E-state index contributed by atoms with van der Waals surface area (Å²) in [6.45, 7) is 0.392. The molecule has 0 saturated carbocycles. The first-order chi connectivity index (χ1) is 7.70. The van der Waals surface area contributed by atoms with Crippen LogP contribution in [0, 0.1) is 0 Å². The van der Waals surface area contributed by atoms with Crippen LogP contribution in [0.25, 0.3) is 0 Å². The van der Waals surface area contributed by atoms with Crippen LogP contribution >= 0.6 is 0 Å². The second-order valence-electron chi connectivity index (χ2n) is 3.55. The van der Waals surface area contributed by atoms with Crippen molar-refractivity contribution in [3.63, 3.8) is 0 Å². The molecule has 1 fully saturated rings. The first-order valence-corrected chi connectivity index (χ1v) is 5.01. The van der Waals surface area contributed by atoms with Crippen molar-refractivity contribution in [2.24, 2.45) is 0 Å². The average molecular weight is 223 g/mol. The largest absolute Gasteiger partial charge is 0.504 e. The minimum absolute atomic E-state index is 0.0701. The van der Waals surface area contributed by atoms with Gasteiger partial charge < -0.3 is 19.9 Å². The zero-order valence-corrected chi connectivity index (χ0v) is 8.90. The van der Waals surface area contributed by atoms with Gasteiger partial charge in [-0.15, -0.1) is 0 Å². The van der Waals surface area contributed by atoms with Gasteiger partial charge in [-0.25, -0.2) is 4.79 Å². The molecular weight excluding hydrogens is 210 g/mol. The normalized spacial score (nSPS) is 19.8. The quantitative estimate of drug-likeness (QED) is 0.798. The molecule has 16 heavy (non-hydrogen) atoms. The Labute approximate surface area is 93.0 Å². The molecule has 5 nitrogen and oxygen atoms in total. The summed E-state index contributed by atoms with van der Waals surface area (Å²) in [5.41, 5.74) is 0.843. The van der Waals surface area contributed by atoms with Gasteiger partial charge in [-0.05, 0) is 17.7 Å². The number of phenols is 1. The molecule has 1 amide bonds. The van der Waals surface area contributed by atoms with Gasteiger partial charge in [0.1, 0.15) is 0 Å². The number of cyclic esters (lactones) is 1. The first kappa shape index (κ1) is 10.6. The van der Waals surface area contributed by atoms with E-state index in [1.54, 1.807) is 12.1 Å². The molecule has 1 aliphatic rings. The number of benzene rings is 1. The summed E-state index contributed by atoms with van der Waals surface area (Å²) in [4.78, 5) is 11.0. The van der Waals surface area contributed by atoms with Gasteiger partial charge in [-0.3, -0.25) is 0 Å². The predicted molar refractivity (Wildman–Crippen MR) is 56.5 cm³/mol. The molecular formula is C11H13NO4. The molecule has 1 heterocycles. The monoisotopic (exact) mass is 223 g/mol. The fourth-order valence-corrected chi connectivity index (χ4v) is 1.70. The Morgan fingerprint density at radius 3 is 3.00 bits per heavy atom. The van der Waals surface area contributed by atoms with E-state index in [1.807, 2.05) is 6.07 Å². The molecule has 1 atom stereocenters. The van der Waals surface area contributed by atoms with Gasteiger partial charge in [0.05, 0.1) is 19.8 Å². The molecule has 0 spiro atoms. The number of nitrogens with one attached hydrogen (secondary N) is 1. The first-order valence-electron chi connectivity index (χ1n) is 5.01. The molecule has 0 aromatic heterocycles. The summed E-state index contributed by atoms with van der Waals surface area (Å²) in [5.74, 6) is 0.489. The second kappa shape index (κ2) is 4.30. The van der Waals surface area contributed by atoms with Crippen molar-refractivity contribution in [2.45, 2.75) is 12.5 Å². The Morgan fingerprint density at radius 2 is 2.38 bits per heavy atom. The lowest BCUT2D eigenvalue weighted by Crippen LogP contribution is -2.35. The van der Waals surface area contributed by atoms with Crippen LogP contribution in [0.5, 0.6) is 11.5 Å². The lowest BCUT2D eigenvalue weighted by Gasteiger charge is -2.23. The molecule has 0 bridgehead atoms. The number of hydrogen-bond acceptors (Lipinski definition) is 4. The molecule has 0 unspecified atom stereocenters. The third-order valence-electron chi connectivity index (χ3n) is 2.54. The third-order valence-corrected chi connectivity index (χ3v) is 2.54. The molecule has 0 aliphatic carbocycles. The number of hydrogen-bond donors (Lipinski definition) is 2. The zero-order valence-electron chi connectivity index (χ0n) is 8.90. The van der Waals surface area contributed by atoms with Gasteiger partial charge in [0, 0.05) is 6.42 Å². The fraction of sp³-hybridized carbons (Fsp3) is 0.364. The Balaban J connectivity index is 2.20. The minimum Gasteiger partial charge on any atom is -0.504 e. The van der Waals surface area contributed by atoms with E-state index in [0.29, 0.717) is 18.8 Å². The predicted octanol–water partition coefficient (Wildman–Crippen LogP) is 1.57. The molecule has 2 N–H and O–H groups in total. The van der Waals surface area contributed by atoms with Gasteiger partial charge in [-0.2, -0.15) is 0 Å². The lowest BCUT2D eigenvalue weighted by molar-refractivity contribution is 0.115. The van der Waals surface area contributed by atoms with Gasteiger partial charge >= 0.3 is 6.09 Å². The standard InChI is InChI=1S/C11H13NO4/c1-15-10-3-2-7(6-9(10)13)8-4-5-16-11(14)12-8/h2-3,6,8,13H,4-5H2,1H3,(H,12,14)/t8-/m1/s1. The maximum Gasteiger partial charge on any atom is 0.407 e. The van der Waals surface area contributed by atoms with E-state index in [0.717, 1.165) is 5.56 Å². The Bertz CT molecular complexity index is 405. The number of carbonyl (C=O) groups excluding carboxylic acids is 1. The number of phenolic OH excluding ortho intramolecular Hbond substituents is 1. The van der Waals surface area contributed by atoms with Crippen LogP contribution in [0.3, 0.4) is 0 Å². The van der Waals surface area contributed by atoms with Crippen molar-refractivity contribution in [3.05, 3.63) is 23.8 Å². The lowest BCUT2D eigenvalue weighted by atomic mass is 10.0. The van der Waals surface area contributed by atoms with Gasteiger partial charge in [-0.1, -0.05) is 6.07 Å². The molecule has 5 heteroatoms. The van der Waals surface area contributed by atoms with Crippen LogP contribution in [-0.2, 0) is 4.74 Å². The molecule has 2 rings (SSSR count). The van der Waals surface area contributed by atoms with E-state index in [-0.39, 0.29) is 11.8 Å². The van der Waals surface area contributed by atoms with Crippen molar-refractivity contribution < 1.29 is 19.4 Å². The number of rotatable bonds is 2. The Hall–Kier alpha value is -1.91. The van der Waals surface area contributed by atoms with Crippen LogP contribution < -0.4 is 10.1 Å². The van der Waals surface area contributed by atoms with Crippen molar-refractivity contribution in [1.82, 2.24) is 5.32 Å². The van der Waals surface area contributed by atoms with Crippen molar-refractivity contribution in [2.75, 3.05) is 13.7 Å². The number of amides is 1. The second-order valence-corrected chi connectivity index (χ2v) is 3.55. The summed E-state index contributed by atoms with van der Waals surface area (Å²) in [6, 6.07) is 4.97. The highest BCUT2D eigenvalue weighted by Crippen LogP contribution is 2.30. The van der Waals surface area contributed by atoms with Gasteiger partial charge in [0.2, 0.25) is 0 Å². The fourth-order valence-electron chi connectivity index (χ4n) is 1.70. The van der Waals surface area contributed by atoms with E-state index < -0.39 is 6.09 Å². The molecule has 0 radical (unpaired) electrons. The Kier molecular flexibility index (Phi) is 2.85. The van der Waals surface area contributed by atoms with E-state index in [4.69, 9.17) is 9.47 Å². The van der Waals surface area contributed by atoms with Gasteiger partial charge in [0.25, 0.3) is 0 Å². The number of carbonyl (C=O) groups is 1. The smallest absolute Gasteiger partial charge is 0.407 e. The molecule has 86 valence electrons. The van der Waals surface area contributed by atoms with Crippen molar-refractivity contribution in [1.29, 1.82) is 0 Å². The summed E-state index contributed by atoms with van der Waals surface area (Å²) in [6.07, 6.45) is 0.267. The highest BCUT2D eigenvalue weighted by atomic mass is 16.5. The summed E-state index contributed by atoms with van der Waals surface area (Å²) >= 11 is 0. The van der Waals surface area contributed by atoms with Crippen molar-refractivity contribution >= 4 is 6.09 Å². The number of aromatic hydroxyl groups is 1. The number of methoxy groups -OCH3 is 1. The van der Waals surface area contributed by atoms with Gasteiger partial charge in [0.15, 0.2) is 11.5 Å². The van der Waals surface area contributed by atoms with Crippen LogP contribution in [-0.4, -0.2) is 24.9 Å². The number of ether oxygens (including phenoxy) is 2. The minimum atomic E-state index is -0.424. The van der Waals surface area contributed by atoms with Crippen LogP contribution in [0.15, 0.2) is 18.2 Å². The average Bonchev–Trinajstić information content (AvgIpc) is 2.29. The summed E-state index contributed by atoms with van der Waals surface area (Å²) < 4.78 is 9.71. The van der Waals surface area contributed by atoms with Crippen molar-refractivity contribution in [3.8, 4) is 11.5 Å². The molecule has 1 aliphatic heterocycles. The maximum atomic E-state index is 11.0. The maximum absolute atomic E-state index is 11.0.